The van der Waals surface area contributed by atoms with Gasteiger partial charge in [0.25, 0.3) is 0 Å². The number of methoxy groups -OCH3 is 1. The lowest BCUT2D eigenvalue weighted by Gasteiger charge is -2.26. The molecule has 0 aliphatic carbocycles. The number of para-hydroxylation sites is 1. The van der Waals surface area contributed by atoms with Crippen LogP contribution in [-0.4, -0.2) is 18.3 Å². The number of halogens is 2. The average molecular weight is 354 g/mol. The van der Waals surface area contributed by atoms with Crippen molar-refractivity contribution in [2.45, 2.75) is 25.5 Å². The van der Waals surface area contributed by atoms with E-state index < -0.39 is 12.1 Å². The first-order valence-corrected chi connectivity index (χ1v) is 8.20. The van der Waals surface area contributed by atoms with Crippen molar-refractivity contribution in [3.05, 3.63) is 63.6 Å². The highest BCUT2D eigenvalue weighted by molar-refractivity contribution is 6.42. The highest BCUT2D eigenvalue weighted by atomic mass is 35.5. The highest BCUT2D eigenvalue weighted by Crippen LogP contribution is 2.30. The number of nitrogens with two attached hydrogens (primary N) is 1. The van der Waals surface area contributed by atoms with E-state index in [2.05, 4.69) is 0 Å². The second-order valence-electron chi connectivity index (χ2n) is 5.69. The lowest BCUT2D eigenvalue weighted by atomic mass is 9.88. The minimum Gasteiger partial charge on any atom is -0.496 e. The standard InChI is InChI=1S/C18H21Cl2NO2/c1-11(9-12-5-3-4-6-16(12)23-2)17(21)18(22)13-7-8-14(19)15(20)10-13/h3-8,10-11,17-18,22H,9,21H2,1-2H3/t11?,17-,18-/m1/s1. The summed E-state index contributed by atoms with van der Waals surface area (Å²) in [5.41, 5.74) is 7.99. The molecule has 2 aromatic carbocycles. The number of ether oxygens (including phenoxy) is 1. The van der Waals surface area contributed by atoms with Crippen LogP contribution in [0.15, 0.2) is 42.5 Å². The van der Waals surface area contributed by atoms with Crippen LogP contribution in [0.25, 0.3) is 0 Å². The molecular weight excluding hydrogens is 333 g/mol. The Bertz CT molecular complexity index is 663. The van der Waals surface area contributed by atoms with Gasteiger partial charge in [0, 0.05) is 6.04 Å². The zero-order chi connectivity index (χ0) is 17.0. The summed E-state index contributed by atoms with van der Waals surface area (Å²) in [4.78, 5) is 0. The van der Waals surface area contributed by atoms with E-state index in [0.717, 1.165) is 11.3 Å². The normalized spacial score (nSPS) is 15.0. The van der Waals surface area contributed by atoms with Crippen molar-refractivity contribution >= 4 is 23.2 Å². The number of hydrogen-bond donors (Lipinski definition) is 2. The molecule has 3 N–H and O–H groups in total. The van der Waals surface area contributed by atoms with Gasteiger partial charge in [-0.1, -0.05) is 54.4 Å². The third kappa shape index (κ3) is 4.39. The van der Waals surface area contributed by atoms with Crippen molar-refractivity contribution < 1.29 is 9.84 Å². The molecular formula is C18H21Cl2NO2. The Morgan fingerprint density at radius 1 is 1.13 bits per heavy atom. The van der Waals surface area contributed by atoms with Gasteiger partial charge in [-0.25, -0.2) is 0 Å². The molecule has 3 nitrogen and oxygen atoms in total. The summed E-state index contributed by atoms with van der Waals surface area (Å²) in [6.07, 6.45) is -0.0988. The fraction of sp³-hybridized carbons (Fsp3) is 0.333. The number of aliphatic hydroxyl groups is 1. The molecule has 0 spiro atoms. The maximum Gasteiger partial charge on any atom is 0.122 e. The molecule has 0 aliphatic rings. The lowest BCUT2D eigenvalue weighted by molar-refractivity contribution is 0.121. The van der Waals surface area contributed by atoms with Crippen LogP contribution in [-0.2, 0) is 6.42 Å². The largest absolute Gasteiger partial charge is 0.496 e. The Balaban J connectivity index is 2.12. The zero-order valence-corrected chi connectivity index (χ0v) is 14.7. The molecule has 23 heavy (non-hydrogen) atoms. The van der Waals surface area contributed by atoms with Crippen molar-refractivity contribution in [3.8, 4) is 5.75 Å². The molecule has 2 rings (SSSR count). The van der Waals surface area contributed by atoms with E-state index >= 15 is 0 Å². The summed E-state index contributed by atoms with van der Waals surface area (Å²) < 4.78 is 5.36. The van der Waals surface area contributed by atoms with Crippen molar-refractivity contribution in [1.82, 2.24) is 0 Å². The first kappa shape index (κ1) is 18.1. The summed E-state index contributed by atoms with van der Waals surface area (Å²) in [7, 11) is 1.65. The van der Waals surface area contributed by atoms with Crippen LogP contribution in [0.5, 0.6) is 5.75 Å². The predicted octanol–water partition coefficient (Wildman–Crippen LogP) is 4.24. The Labute approximate surface area is 147 Å². The first-order chi connectivity index (χ1) is 10.9. The minimum atomic E-state index is -0.811. The number of benzene rings is 2. The van der Waals surface area contributed by atoms with Gasteiger partial charge >= 0.3 is 0 Å². The summed E-state index contributed by atoms with van der Waals surface area (Å²) >= 11 is 11.9. The third-order valence-electron chi connectivity index (χ3n) is 4.04. The highest BCUT2D eigenvalue weighted by Gasteiger charge is 2.24. The van der Waals surface area contributed by atoms with E-state index in [0.29, 0.717) is 22.0 Å². The van der Waals surface area contributed by atoms with Crippen molar-refractivity contribution in [1.29, 1.82) is 0 Å². The molecule has 0 saturated heterocycles. The van der Waals surface area contributed by atoms with E-state index in [1.807, 2.05) is 31.2 Å². The Morgan fingerprint density at radius 2 is 1.83 bits per heavy atom. The topological polar surface area (TPSA) is 55.5 Å². The van der Waals surface area contributed by atoms with E-state index in [4.69, 9.17) is 33.7 Å². The zero-order valence-electron chi connectivity index (χ0n) is 13.2. The fourth-order valence-electron chi connectivity index (χ4n) is 2.58. The summed E-state index contributed by atoms with van der Waals surface area (Å²) in [6, 6.07) is 12.5. The van der Waals surface area contributed by atoms with Crippen molar-refractivity contribution in [2.75, 3.05) is 7.11 Å². The molecule has 0 saturated carbocycles. The SMILES string of the molecule is COc1ccccc1CC(C)[C@@H](N)[C@H](O)c1ccc(Cl)c(Cl)c1. The smallest absolute Gasteiger partial charge is 0.122 e. The molecule has 0 aliphatic heterocycles. The maximum atomic E-state index is 10.5. The molecule has 2 aromatic rings. The number of hydrogen-bond acceptors (Lipinski definition) is 3. The number of aliphatic hydroxyl groups excluding tert-OH is 1. The van der Waals surface area contributed by atoms with Crippen LogP contribution in [0.4, 0.5) is 0 Å². The van der Waals surface area contributed by atoms with Crippen molar-refractivity contribution in [2.24, 2.45) is 11.7 Å². The van der Waals surface area contributed by atoms with Crippen LogP contribution in [0.2, 0.25) is 10.0 Å². The second kappa shape index (κ2) is 8.02. The van der Waals surface area contributed by atoms with E-state index in [9.17, 15) is 5.11 Å². The minimum absolute atomic E-state index is 0.0516. The van der Waals surface area contributed by atoms with Crippen LogP contribution >= 0.6 is 23.2 Å². The summed E-state index contributed by atoms with van der Waals surface area (Å²) in [5.74, 6) is 0.881. The van der Waals surface area contributed by atoms with Gasteiger partial charge in [0.15, 0.2) is 0 Å². The van der Waals surface area contributed by atoms with Gasteiger partial charge in [-0.3, -0.25) is 0 Å². The second-order valence-corrected chi connectivity index (χ2v) is 6.50. The average Bonchev–Trinajstić information content (AvgIpc) is 2.56. The Kier molecular flexibility index (Phi) is 6.31. The molecule has 0 bridgehead atoms. The molecule has 5 heteroatoms. The molecule has 3 atom stereocenters. The summed E-state index contributed by atoms with van der Waals surface area (Å²) in [5, 5.41) is 11.4. The van der Waals surface area contributed by atoms with Gasteiger partial charge in [-0.15, -0.1) is 0 Å². The van der Waals surface area contributed by atoms with Gasteiger partial charge in [0.05, 0.1) is 23.3 Å². The quantitative estimate of drug-likeness (QED) is 0.816. The molecule has 124 valence electrons. The monoisotopic (exact) mass is 353 g/mol. The van der Waals surface area contributed by atoms with Crippen LogP contribution in [0, 0.1) is 5.92 Å². The Hall–Kier alpha value is -1.26. The molecule has 0 heterocycles. The maximum absolute atomic E-state index is 10.5. The van der Waals surface area contributed by atoms with Gasteiger partial charge in [-0.2, -0.15) is 0 Å². The molecule has 1 unspecified atom stereocenters. The van der Waals surface area contributed by atoms with Gasteiger partial charge in [-0.05, 0) is 41.7 Å². The van der Waals surface area contributed by atoms with Crippen LogP contribution in [0.1, 0.15) is 24.2 Å². The predicted molar refractivity (Wildman–Crippen MR) is 95.3 cm³/mol. The molecule has 0 aromatic heterocycles. The third-order valence-corrected chi connectivity index (χ3v) is 4.78. The van der Waals surface area contributed by atoms with E-state index in [-0.39, 0.29) is 5.92 Å². The first-order valence-electron chi connectivity index (χ1n) is 7.44. The molecule has 0 fully saturated rings. The van der Waals surface area contributed by atoms with Crippen LogP contribution in [0.3, 0.4) is 0 Å². The molecule has 0 radical (unpaired) electrons. The van der Waals surface area contributed by atoms with Gasteiger partial charge in [0.1, 0.15) is 5.75 Å². The Morgan fingerprint density at radius 3 is 2.48 bits per heavy atom. The van der Waals surface area contributed by atoms with E-state index in [1.165, 1.54) is 0 Å². The fourth-order valence-corrected chi connectivity index (χ4v) is 2.89. The van der Waals surface area contributed by atoms with Crippen LogP contribution < -0.4 is 10.5 Å². The number of rotatable bonds is 6. The van der Waals surface area contributed by atoms with E-state index in [1.54, 1.807) is 25.3 Å². The van der Waals surface area contributed by atoms with Gasteiger partial charge < -0.3 is 15.6 Å². The summed E-state index contributed by atoms with van der Waals surface area (Å²) in [6.45, 7) is 2.01. The lowest BCUT2D eigenvalue weighted by Crippen LogP contribution is -2.36. The van der Waals surface area contributed by atoms with Crippen molar-refractivity contribution in [3.63, 3.8) is 0 Å². The van der Waals surface area contributed by atoms with Gasteiger partial charge in [0.2, 0.25) is 0 Å². The molecule has 0 amide bonds.